The van der Waals surface area contributed by atoms with Gasteiger partial charge in [0.05, 0.1) is 17.1 Å². The standard InChI is InChI=1S/C66H50N4/c1-4-25-52(26-5-1)68(64-34-16-22-49-19-10-13-31-61(49)64)58-43-37-55(38-44-58)67(56-39-45-59(46-40-56)69(53-27-6-2-7-28-53)65-35-17-23-50-20-11-14-32-62(50)65)57-41-47-60(48-42-57)70(54-29-8-3-9-30-54)66-36-18-24-51-21-12-15-33-63(51)66/h1-41,43-47H,42,48H2. The third-order valence-corrected chi connectivity index (χ3v) is 13.5. The van der Waals surface area contributed by atoms with E-state index in [-0.39, 0.29) is 0 Å². The molecular formula is C66H50N4. The minimum Gasteiger partial charge on any atom is -0.314 e. The molecule has 0 bridgehead atoms. The summed E-state index contributed by atoms with van der Waals surface area (Å²) in [5, 5.41) is 7.28. The first-order valence-corrected chi connectivity index (χ1v) is 24.1. The van der Waals surface area contributed by atoms with Crippen molar-refractivity contribution in [3.63, 3.8) is 0 Å². The van der Waals surface area contributed by atoms with Crippen LogP contribution < -0.4 is 19.6 Å². The Morgan fingerprint density at radius 2 is 0.457 bits per heavy atom. The van der Waals surface area contributed by atoms with Crippen LogP contribution in [0.5, 0.6) is 0 Å². The van der Waals surface area contributed by atoms with Crippen molar-refractivity contribution in [1.29, 1.82) is 0 Å². The highest BCUT2D eigenvalue weighted by Gasteiger charge is 2.24. The molecule has 0 atom stereocenters. The van der Waals surface area contributed by atoms with Gasteiger partial charge in [0.2, 0.25) is 0 Å². The lowest BCUT2D eigenvalue weighted by molar-refractivity contribution is 0.851. The van der Waals surface area contributed by atoms with Gasteiger partial charge in [-0.15, -0.1) is 0 Å². The van der Waals surface area contributed by atoms with Crippen LogP contribution in [0.4, 0.5) is 56.9 Å². The first-order valence-electron chi connectivity index (χ1n) is 24.1. The minimum atomic E-state index is 0.835. The molecule has 0 aromatic heterocycles. The summed E-state index contributed by atoms with van der Waals surface area (Å²) in [7, 11) is 0. The van der Waals surface area contributed by atoms with Crippen molar-refractivity contribution in [2.45, 2.75) is 12.8 Å². The van der Waals surface area contributed by atoms with E-state index in [2.05, 4.69) is 299 Å². The van der Waals surface area contributed by atoms with Crippen LogP contribution in [0.25, 0.3) is 32.3 Å². The third kappa shape index (κ3) is 8.12. The van der Waals surface area contributed by atoms with E-state index in [9.17, 15) is 0 Å². The molecule has 0 heterocycles. The van der Waals surface area contributed by atoms with E-state index in [1.807, 2.05) is 0 Å². The van der Waals surface area contributed by atoms with Gasteiger partial charge in [0, 0.05) is 67.4 Å². The van der Waals surface area contributed by atoms with Gasteiger partial charge in [-0.3, -0.25) is 0 Å². The predicted molar refractivity (Wildman–Crippen MR) is 297 cm³/mol. The second kappa shape index (κ2) is 18.9. The Morgan fingerprint density at radius 1 is 0.200 bits per heavy atom. The molecule has 4 nitrogen and oxygen atoms in total. The zero-order valence-electron chi connectivity index (χ0n) is 38.8. The monoisotopic (exact) mass is 898 g/mol. The zero-order chi connectivity index (χ0) is 46.6. The lowest BCUT2D eigenvalue weighted by Gasteiger charge is -2.34. The van der Waals surface area contributed by atoms with Crippen molar-refractivity contribution in [3.05, 3.63) is 290 Å². The first kappa shape index (κ1) is 42.2. The van der Waals surface area contributed by atoms with Gasteiger partial charge >= 0.3 is 0 Å². The molecular weight excluding hydrogens is 849 g/mol. The van der Waals surface area contributed by atoms with E-state index in [1.54, 1.807) is 0 Å². The number of anilines is 10. The van der Waals surface area contributed by atoms with E-state index in [1.165, 1.54) is 49.4 Å². The Labute approximate surface area is 410 Å². The van der Waals surface area contributed by atoms with Crippen molar-refractivity contribution in [2.24, 2.45) is 0 Å². The molecule has 0 fully saturated rings. The summed E-state index contributed by atoms with van der Waals surface area (Å²) in [6.45, 7) is 0. The number of allylic oxidation sites excluding steroid dienone is 4. The highest BCUT2D eigenvalue weighted by atomic mass is 15.2. The average molecular weight is 899 g/mol. The Kier molecular flexibility index (Phi) is 11.4. The van der Waals surface area contributed by atoms with Crippen LogP contribution in [-0.2, 0) is 0 Å². The molecule has 11 aromatic carbocycles. The zero-order valence-corrected chi connectivity index (χ0v) is 38.8. The Bertz CT molecular complexity index is 3480. The van der Waals surface area contributed by atoms with Crippen LogP contribution in [0.2, 0.25) is 0 Å². The van der Waals surface area contributed by atoms with Crippen molar-refractivity contribution in [1.82, 2.24) is 0 Å². The SMILES string of the molecule is C1=C(N(c2ccc(N(c3ccccc3)c3cccc4ccccc34)cc2)c2ccc(N(c3ccccc3)c3cccc4ccccc34)cc2)CCC(N(c2ccccc2)c2cccc3ccccc23)=C1. The van der Waals surface area contributed by atoms with E-state index in [0.29, 0.717) is 0 Å². The van der Waals surface area contributed by atoms with Crippen LogP contribution in [0, 0.1) is 0 Å². The summed E-state index contributed by atoms with van der Waals surface area (Å²) in [6.07, 6.45) is 6.35. The molecule has 0 radical (unpaired) electrons. The number of fused-ring (bicyclic) bond motifs is 3. The molecule has 0 unspecified atom stereocenters. The van der Waals surface area contributed by atoms with Gasteiger partial charge in [-0.1, -0.05) is 164 Å². The lowest BCUT2D eigenvalue weighted by Crippen LogP contribution is -2.22. The molecule has 11 aromatic rings. The van der Waals surface area contributed by atoms with E-state index < -0.39 is 0 Å². The maximum absolute atomic E-state index is 2.45. The molecule has 4 heteroatoms. The molecule has 12 rings (SSSR count). The molecule has 0 saturated heterocycles. The third-order valence-electron chi connectivity index (χ3n) is 13.5. The summed E-state index contributed by atoms with van der Waals surface area (Å²) in [4.78, 5) is 9.63. The summed E-state index contributed by atoms with van der Waals surface area (Å²) >= 11 is 0. The normalized spacial score (nSPS) is 12.3. The smallest absolute Gasteiger partial charge is 0.0540 e. The number of para-hydroxylation sites is 3. The molecule has 0 amide bonds. The van der Waals surface area contributed by atoms with Gasteiger partial charge in [0.1, 0.15) is 0 Å². The first-order chi connectivity index (χ1) is 34.7. The summed E-state index contributed by atoms with van der Waals surface area (Å²) in [5.74, 6) is 0. The fraction of sp³-hybridized carbons (Fsp3) is 0.0303. The van der Waals surface area contributed by atoms with E-state index in [0.717, 1.165) is 64.0 Å². The van der Waals surface area contributed by atoms with Gasteiger partial charge in [-0.2, -0.15) is 0 Å². The Balaban J connectivity index is 0.980. The molecule has 1 aliphatic carbocycles. The van der Waals surface area contributed by atoms with Gasteiger partial charge in [-0.25, -0.2) is 0 Å². The van der Waals surface area contributed by atoms with E-state index in [4.69, 9.17) is 0 Å². The minimum absolute atomic E-state index is 0.835. The summed E-state index contributed by atoms with van der Waals surface area (Å²) in [5.41, 5.74) is 13.6. The molecule has 70 heavy (non-hydrogen) atoms. The largest absolute Gasteiger partial charge is 0.314 e. The number of nitrogens with zero attached hydrogens (tertiary/aromatic N) is 4. The van der Waals surface area contributed by atoms with Crippen molar-refractivity contribution >= 4 is 89.2 Å². The maximum Gasteiger partial charge on any atom is 0.0540 e. The van der Waals surface area contributed by atoms with Crippen LogP contribution in [0.1, 0.15) is 12.8 Å². The number of hydrogen-bond donors (Lipinski definition) is 0. The number of benzene rings is 11. The summed E-state index contributed by atoms with van der Waals surface area (Å²) < 4.78 is 0. The number of rotatable bonds is 12. The molecule has 334 valence electrons. The molecule has 1 aliphatic rings. The summed E-state index contributed by atoms with van der Waals surface area (Å²) in [6, 6.07) is 96.1. The highest BCUT2D eigenvalue weighted by molar-refractivity contribution is 6.01. The second-order valence-corrected chi connectivity index (χ2v) is 17.7. The van der Waals surface area contributed by atoms with Crippen molar-refractivity contribution in [2.75, 3.05) is 19.6 Å². The van der Waals surface area contributed by atoms with Gasteiger partial charge < -0.3 is 19.6 Å². The van der Waals surface area contributed by atoms with Gasteiger partial charge in [-0.05, 0) is 144 Å². The quantitative estimate of drug-likeness (QED) is 0.121. The van der Waals surface area contributed by atoms with Crippen molar-refractivity contribution in [3.8, 4) is 0 Å². The molecule has 0 N–H and O–H groups in total. The van der Waals surface area contributed by atoms with Crippen LogP contribution in [0.15, 0.2) is 290 Å². The Morgan fingerprint density at radius 3 is 0.814 bits per heavy atom. The molecule has 0 aliphatic heterocycles. The maximum atomic E-state index is 2.45. The lowest BCUT2D eigenvalue weighted by atomic mass is 10.0. The van der Waals surface area contributed by atoms with Crippen LogP contribution >= 0.6 is 0 Å². The van der Waals surface area contributed by atoms with Gasteiger partial charge in [0.15, 0.2) is 0 Å². The fourth-order valence-electron chi connectivity index (χ4n) is 10.2. The van der Waals surface area contributed by atoms with Gasteiger partial charge in [0.25, 0.3) is 0 Å². The molecule has 0 spiro atoms. The fourth-order valence-corrected chi connectivity index (χ4v) is 10.2. The van der Waals surface area contributed by atoms with Crippen molar-refractivity contribution < 1.29 is 0 Å². The average Bonchev–Trinajstić information content (AvgIpc) is 3.43. The second-order valence-electron chi connectivity index (χ2n) is 17.7. The Hall–Kier alpha value is -9.12. The topological polar surface area (TPSA) is 13.0 Å². The van der Waals surface area contributed by atoms with E-state index >= 15 is 0 Å². The number of hydrogen-bond acceptors (Lipinski definition) is 4. The molecule has 0 saturated carbocycles. The predicted octanol–water partition coefficient (Wildman–Crippen LogP) is 18.6. The van der Waals surface area contributed by atoms with Crippen LogP contribution in [0.3, 0.4) is 0 Å². The highest BCUT2D eigenvalue weighted by Crippen LogP contribution is 2.45. The van der Waals surface area contributed by atoms with Crippen LogP contribution in [-0.4, -0.2) is 0 Å².